The first-order chi connectivity index (χ1) is 13.5. The van der Waals surface area contributed by atoms with Gasteiger partial charge in [-0.25, -0.2) is 0 Å². The second-order valence-corrected chi connectivity index (χ2v) is 7.67. The zero-order valence-electron chi connectivity index (χ0n) is 14.9. The number of hydrogen-bond acceptors (Lipinski definition) is 6. The monoisotopic (exact) mass is 419 g/mol. The van der Waals surface area contributed by atoms with E-state index in [1.807, 2.05) is 24.3 Å². The quantitative estimate of drug-likeness (QED) is 0.308. The van der Waals surface area contributed by atoms with Gasteiger partial charge in [-0.3, -0.25) is 14.9 Å². The van der Waals surface area contributed by atoms with E-state index in [0.717, 1.165) is 17.4 Å². The Morgan fingerprint density at radius 2 is 1.93 bits per heavy atom. The summed E-state index contributed by atoms with van der Waals surface area (Å²) in [6, 6.07) is 12.0. The summed E-state index contributed by atoms with van der Waals surface area (Å²) in [7, 11) is 0. The van der Waals surface area contributed by atoms with Crippen LogP contribution in [0.3, 0.4) is 0 Å². The number of nitro benzene ring substituents is 1. The topological polar surface area (TPSA) is 83.8 Å². The second-order valence-electron chi connectivity index (χ2n) is 6.18. The van der Waals surface area contributed by atoms with Crippen molar-refractivity contribution in [3.05, 3.63) is 63.2 Å². The van der Waals surface area contributed by atoms with E-state index < -0.39 is 4.92 Å². The first-order valence-corrected chi connectivity index (χ1v) is 10.0. The molecule has 146 valence electrons. The van der Waals surface area contributed by atoms with Crippen LogP contribution in [0.25, 0.3) is 0 Å². The number of carbonyl (C=O) groups is 2. The van der Waals surface area contributed by atoms with Gasteiger partial charge in [0.1, 0.15) is 6.29 Å². The Labute approximate surface area is 171 Å². The van der Waals surface area contributed by atoms with Gasteiger partial charge in [-0.2, -0.15) is 0 Å². The molecule has 1 aliphatic heterocycles. The van der Waals surface area contributed by atoms with E-state index in [2.05, 4.69) is 4.90 Å². The van der Waals surface area contributed by atoms with E-state index in [-0.39, 0.29) is 22.9 Å². The van der Waals surface area contributed by atoms with Crippen molar-refractivity contribution in [2.75, 3.05) is 36.8 Å². The minimum atomic E-state index is -0.527. The number of carbonyl (C=O) groups excluding carboxylic acids is 2. The number of rotatable bonds is 6. The van der Waals surface area contributed by atoms with Crippen LogP contribution in [0.15, 0.2) is 47.4 Å². The Morgan fingerprint density at radius 1 is 1.18 bits per heavy atom. The number of nitro groups is 1. The number of nitrogens with zero attached hydrogens (tertiary/aromatic N) is 3. The van der Waals surface area contributed by atoms with E-state index in [1.54, 1.807) is 11.0 Å². The predicted octanol–water partition coefficient (Wildman–Crippen LogP) is 3.50. The first kappa shape index (κ1) is 20.2. The van der Waals surface area contributed by atoms with Crippen LogP contribution < -0.4 is 4.90 Å². The molecule has 2 aromatic rings. The molecular formula is C19H18ClN3O4S. The lowest BCUT2D eigenvalue weighted by Crippen LogP contribution is -2.48. The molecule has 28 heavy (non-hydrogen) atoms. The number of anilines is 1. The van der Waals surface area contributed by atoms with Crippen molar-refractivity contribution in [2.24, 2.45) is 0 Å². The lowest BCUT2D eigenvalue weighted by Gasteiger charge is -2.36. The number of thioether (sulfide) groups is 1. The summed E-state index contributed by atoms with van der Waals surface area (Å²) in [4.78, 5) is 38.3. The molecule has 9 heteroatoms. The summed E-state index contributed by atoms with van der Waals surface area (Å²) in [5, 5.41) is 12.0. The average Bonchev–Trinajstić information content (AvgIpc) is 2.71. The van der Waals surface area contributed by atoms with Crippen LogP contribution >= 0.6 is 23.4 Å². The third-order valence-electron chi connectivity index (χ3n) is 4.45. The minimum absolute atomic E-state index is 0.125. The third kappa shape index (κ3) is 4.63. The average molecular weight is 420 g/mol. The van der Waals surface area contributed by atoms with E-state index in [1.165, 1.54) is 12.1 Å². The van der Waals surface area contributed by atoms with Gasteiger partial charge in [0, 0.05) is 48.5 Å². The molecule has 0 radical (unpaired) electrons. The van der Waals surface area contributed by atoms with Gasteiger partial charge in [0.25, 0.3) is 11.6 Å². The number of hydrogen-bond donors (Lipinski definition) is 0. The molecule has 1 saturated heterocycles. The van der Waals surface area contributed by atoms with Crippen molar-refractivity contribution in [3.8, 4) is 0 Å². The summed E-state index contributed by atoms with van der Waals surface area (Å²) in [6.45, 7) is 2.34. The maximum absolute atomic E-state index is 12.8. The van der Waals surface area contributed by atoms with Crippen molar-refractivity contribution >= 4 is 46.9 Å². The number of amides is 1. The standard InChI is InChI=1S/C19H18ClN3O4S/c20-15-2-1-3-16(13-15)21-6-8-22(9-7-21)19(25)14-4-5-18(28-11-10-24)17(12-14)23(26)27/h1-5,10,12-13H,6-9,11H2. The van der Waals surface area contributed by atoms with Crippen LogP contribution in [0.2, 0.25) is 5.02 Å². The highest BCUT2D eigenvalue weighted by Gasteiger charge is 2.25. The molecular weight excluding hydrogens is 402 g/mol. The van der Waals surface area contributed by atoms with Gasteiger partial charge in [-0.1, -0.05) is 17.7 Å². The van der Waals surface area contributed by atoms with Crippen molar-refractivity contribution in [1.82, 2.24) is 4.90 Å². The van der Waals surface area contributed by atoms with Crippen molar-refractivity contribution < 1.29 is 14.5 Å². The van der Waals surface area contributed by atoms with Gasteiger partial charge in [0.15, 0.2) is 0 Å². The molecule has 0 aliphatic carbocycles. The van der Waals surface area contributed by atoms with Crippen LogP contribution in [-0.2, 0) is 4.79 Å². The molecule has 0 N–H and O–H groups in total. The van der Waals surface area contributed by atoms with Crippen molar-refractivity contribution in [1.29, 1.82) is 0 Å². The van der Waals surface area contributed by atoms with E-state index >= 15 is 0 Å². The van der Waals surface area contributed by atoms with Crippen LogP contribution in [0.5, 0.6) is 0 Å². The Balaban J connectivity index is 1.70. The molecule has 0 spiro atoms. The molecule has 1 heterocycles. The van der Waals surface area contributed by atoms with Crippen LogP contribution in [0.1, 0.15) is 10.4 Å². The van der Waals surface area contributed by atoms with E-state index in [9.17, 15) is 19.7 Å². The molecule has 3 rings (SSSR count). The molecule has 1 amide bonds. The smallest absolute Gasteiger partial charge is 0.283 e. The van der Waals surface area contributed by atoms with E-state index in [0.29, 0.717) is 42.4 Å². The largest absolute Gasteiger partial charge is 0.368 e. The van der Waals surface area contributed by atoms with Gasteiger partial charge in [0.2, 0.25) is 0 Å². The second kappa shape index (κ2) is 9.07. The van der Waals surface area contributed by atoms with Gasteiger partial charge >= 0.3 is 0 Å². The molecule has 0 unspecified atom stereocenters. The predicted molar refractivity (Wildman–Crippen MR) is 109 cm³/mol. The Morgan fingerprint density at radius 3 is 2.57 bits per heavy atom. The van der Waals surface area contributed by atoms with Crippen LogP contribution in [0, 0.1) is 10.1 Å². The molecule has 0 aromatic heterocycles. The normalized spacial score (nSPS) is 14.0. The molecule has 7 nitrogen and oxygen atoms in total. The fourth-order valence-corrected chi connectivity index (χ4v) is 3.94. The summed E-state index contributed by atoms with van der Waals surface area (Å²) in [6.07, 6.45) is 0.687. The van der Waals surface area contributed by atoms with Gasteiger partial charge < -0.3 is 14.6 Å². The fourth-order valence-electron chi connectivity index (χ4n) is 3.06. The molecule has 1 fully saturated rings. The first-order valence-electron chi connectivity index (χ1n) is 8.64. The molecule has 0 atom stereocenters. The maximum atomic E-state index is 12.8. The molecule has 0 bridgehead atoms. The van der Waals surface area contributed by atoms with Gasteiger partial charge in [0.05, 0.1) is 15.6 Å². The highest BCUT2D eigenvalue weighted by atomic mass is 35.5. The minimum Gasteiger partial charge on any atom is -0.368 e. The third-order valence-corrected chi connectivity index (χ3v) is 5.64. The maximum Gasteiger partial charge on any atom is 0.283 e. The molecule has 0 saturated carbocycles. The van der Waals surface area contributed by atoms with E-state index in [4.69, 9.17) is 11.6 Å². The number of piperazine rings is 1. The van der Waals surface area contributed by atoms with Crippen LogP contribution in [0.4, 0.5) is 11.4 Å². The van der Waals surface area contributed by atoms with Crippen LogP contribution in [-0.4, -0.2) is 53.9 Å². The number of aldehydes is 1. The fraction of sp³-hybridized carbons (Fsp3) is 0.263. The van der Waals surface area contributed by atoms with Gasteiger partial charge in [-0.05, 0) is 30.3 Å². The molecule has 1 aliphatic rings. The highest BCUT2D eigenvalue weighted by molar-refractivity contribution is 8.00. The number of benzene rings is 2. The SMILES string of the molecule is O=CCSc1ccc(C(=O)N2CCN(c3cccc(Cl)c3)CC2)cc1[N+](=O)[O-]. The Kier molecular flexibility index (Phi) is 6.53. The summed E-state index contributed by atoms with van der Waals surface area (Å²) in [5.41, 5.74) is 1.13. The summed E-state index contributed by atoms with van der Waals surface area (Å²) >= 11 is 7.12. The van der Waals surface area contributed by atoms with Crippen molar-refractivity contribution in [2.45, 2.75) is 4.90 Å². The Hall–Kier alpha value is -2.58. The zero-order valence-corrected chi connectivity index (χ0v) is 16.5. The lowest BCUT2D eigenvalue weighted by atomic mass is 10.1. The Bertz CT molecular complexity index is 900. The molecule has 2 aromatic carbocycles. The van der Waals surface area contributed by atoms with Gasteiger partial charge in [-0.15, -0.1) is 11.8 Å². The highest BCUT2D eigenvalue weighted by Crippen LogP contribution is 2.30. The summed E-state index contributed by atoms with van der Waals surface area (Å²) < 4.78 is 0. The summed E-state index contributed by atoms with van der Waals surface area (Å²) in [5.74, 6) is -0.111. The lowest BCUT2D eigenvalue weighted by molar-refractivity contribution is -0.387. The number of halogens is 1. The zero-order chi connectivity index (χ0) is 20.1. The van der Waals surface area contributed by atoms with Crippen molar-refractivity contribution in [3.63, 3.8) is 0 Å².